The lowest BCUT2D eigenvalue weighted by Gasteiger charge is -2.30. The van der Waals surface area contributed by atoms with Crippen LogP contribution in [-0.2, 0) is 9.59 Å². The monoisotopic (exact) mass is 351 g/mol. The first-order valence-corrected chi connectivity index (χ1v) is 10.8. The third-order valence-electron chi connectivity index (χ3n) is 6.49. The third kappa shape index (κ3) is 3.19. The Morgan fingerprint density at radius 2 is 1.58 bits per heavy atom. The quantitative estimate of drug-likeness (QED) is 0.820. The molecule has 0 aromatic heterocycles. The van der Waals surface area contributed by atoms with Crippen LogP contribution in [0.25, 0.3) is 0 Å². The summed E-state index contributed by atoms with van der Waals surface area (Å²) >= 11 is 1.74. The molecule has 1 unspecified atom stereocenters. The summed E-state index contributed by atoms with van der Waals surface area (Å²) < 4.78 is 0. The summed E-state index contributed by atoms with van der Waals surface area (Å²) in [6.45, 7) is 3.96. The van der Waals surface area contributed by atoms with Crippen LogP contribution in [-0.4, -0.2) is 65.5 Å². The Balaban J connectivity index is 1.40. The van der Waals surface area contributed by atoms with E-state index in [2.05, 4.69) is 10.2 Å². The third-order valence-corrected chi connectivity index (χ3v) is 7.50. The number of hydrogen-bond donors (Lipinski definition) is 1. The molecule has 3 aliphatic heterocycles. The number of amides is 2. The van der Waals surface area contributed by atoms with E-state index in [1.165, 1.54) is 12.8 Å². The van der Waals surface area contributed by atoms with E-state index in [4.69, 9.17) is 0 Å². The molecule has 0 radical (unpaired) electrons. The van der Waals surface area contributed by atoms with Gasteiger partial charge in [-0.25, -0.2) is 0 Å². The van der Waals surface area contributed by atoms with Crippen LogP contribution in [0, 0.1) is 17.8 Å². The summed E-state index contributed by atoms with van der Waals surface area (Å²) in [5, 5.41) is 3.48. The average Bonchev–Trinajstić information content (AvgIpc) is 3.34. The predicted octanol–water partition coefficient (Wildman–Crippen LogP) is 1.54. The molecule has 4 fully saturated rings. The smallest absolute Gasteiger partial charge is 0.246 e. The molecule has 5 nitrogen and oxygen atoms in total. The van der Waals surface area contributed by atoms with E-state index in [1.807, 2.05) is 4.90 Å². The maximum Gasteiger partial charge on any atom is 0.246 e. The lowest BCUT2D eigenvalue weighted by molar-refractivity contribution is -0.145. The molecule has 3 atom stereocenters. The van der Waals surface area contributed by atoms with Crippen molar-refractivity contribution >= 4 is 23.6 Å². The first kappa shape index (κ1) is 16.7. The van der Waals surface area contributed by atoms with Crippen molar-refractivity contribution in [1.82, 2.24) is 15.1 Å². The number of likely N-dealkylation sites (tertiary alicyclic amines) is 1. The van der Waals surface area contributed by atoms with Crippen molar-refractivity contribution in [3.05, 3.63) is 0 Å². The zero-order valence-electron chi connectivity index (χ0n) is 14.4. The number of carbonyl (C=O) groups excluding carboxylic acids is 2. The van der Waals surface area contributed by atoms with Gasteiger partial charge in [-0.3, -0.25) is 9.59 Å². The number of carbonyl (C=O) groups is 2. The number of fused-ring (bicyclic) bond motifs is 1. The Labute approximate surface area is 148 Å². The van der Waals surface area contributed by atoms with Gasteiger partial charge >= 0.3 is 0 Å². The minimum Gasteiger partial charge on any atom is -0.341 e. The topological polar surface area (TPSA) is 52.7 Å². The second kappa shape index (κ2) is 7.24. The molecule has 0 bridgehead atoms. The Morgan fingerprint density at radius 1 is 0.917 bits per heavy atom. The molecule has 0 spiro atoms. The lowest BCUT2D eigenvalue weighted by Crippen LogP contribution is -2.50. The van der Waals surface area contributed by atoms with Crippen molar-refractivity contribution in [3.63, 3.8) is 0 Å². The molecule has 2 amide bonds. The SMILES string of the molecule is O=C(C1CSCN1C(=O)C1CCCC1)N1CC[C@@H]2CNC[C@@H]2CC1. The minimum atomic E-state index is -0.209. The first-order valence-electron chi connectivity index (χ1n) is 9.62. The average molecular weight is 352 g/mol. The first-order chi connectivity index (χ1) is 11.7. The molecule has 4 aliphatic rings. The zero-order chi connectivity index (χ0) is 16.5. The predicted molar refractivity (Wildman–Crippen MR) is 95.6 cm³/mol. The maximum atomic E-state index is 13.1. The Morgan fingerprint density at radius 3 is 2.25 bits per heavy atom. The van der Waals surface area contributed by atoms with Gasteiger partial charge in [-0.2, -0.15) is 0 Å². The van der Waals surface area contributed by atoms with Crippen LogP contribution in [0.3, 0.4) is 0 Å². The van der Waals surface area contributed by atoms with Gasteiger partial charge in [0, 0.05) is 24.8 Å². The standard InChI is InChI=1S/C18H29N3O2S/c22-17(13-3-1-2-4-13)21-12-24-11-16(21)18(23)20-7-5-14-9-19-10-15(14)6-8-20/h13-16,19H,1-12H2/t14-,15+,16?. The molecule has 3 saturated heterocycles. The summed E-state index contributed by atoms with van der Waals surface area (Å²) in [4.78, 5) is 29.9. The molecule has 134 valence electrons. The highest BCUT2D eigenvalue weighted by Gasteiger charge is 2.41. The highest BCUT2D eigenvalue weighted by Crippen LogP contribution is 2.32. The number of nitrogens with one attached hydrogen (secondary N) is 1. The van der Waals surface area contributed by atoms with Gasteiger partial charge in [-0.1, -0.05) is 12.8 Å². The normalized spacial score (nSPS) is 34.4. The van der Waals surface area contributed by atoms with Gasteiger partial charge in [0.1, 0.15) is 6.04 Å². The summed E-state index contributed by atoms with van der Waals surface area (Å²) in [6.07, 6.45) is 6.58. The second-order valence-corrected chi connectivity index (χ2v) is 8.89. The molecular formula is C18H29N3O2S. The molecule has 6 heteroatoms. The van der Waals surface area contributed by atoms with Gasteiger partial charge < -0.3 is 15.1 Å². The molecule has 0 aromatic carbocycles. The largest absolute Gasteiger partial charge is 0.341 e. The van der Waals surface area contributed by atoms with E-state index >= 15 is 0 Å². The Hall–Kier alpha value is -0.750. The van der Waals surface area contributed by atoms with Crippen molar-refractivity contribution in [2.24, 2.45) is 17.8 Å². The molecule has 1 saturated carbocycles. The number of rotatable bonds is 2. The van der Waals surface area contributed by atoms with Gasteiger partial charge in [0.25, 0.3) is 0 Å². The molecule has 1 N–H and O–H groups in total. The summed E-state index contributed by atoms with van der Waals surface area (Å²) in [7, 11) is 0. The van der Waals surface area contributed by atoms with Gasteiger partial charge in [0.15, 0.2) is 0 Å². The van der Waals surface area contributed by atoms with Gasteiger partial charge in [-0.05, 0) is 50.6 Å². The van der Waals surface area contributed by atoms with Crippen molar-refractivity contribution in [2.75, 3.05) is 37.8 Å². The van der Waals surface area contributed by atoms with Crippen molar-refractivity contribution in [2.45, 2.75) is 44.6 Å². The fourth-order valence-electron chi connectivity index (χ4n) is 4.92. The molecular weight excluding hydrogens is 322 g/mol. The zero-order valence-corrected chi connectivity index (χ0v) is 15.2. The van der Waals surface area contributed by atoms with Crippen LogP contribution in [0.2, 0.25) is 0 Å². The molecule has 0 aromatic rings. The summed E-state index contributed by atoms with van der Waals surface area (Å²) in [5.41, 5.74) is 0. The molecule has 4 rings (SSSR count). The van der Waals surface area contributed by atoms with Crippen LogP contribution in [0.4, 0.5) is 0 Å². The minimum absolute atomic E-state index is 0.175. The van der Waals surface area contributed by atoms with Crippen molar-refractivity contribution in [3.8, 4) is 0 Å². The van der Waals surface area contributed by atoms with E-state index in [1.54, 1.807) is 11.8 Å². The number of hydrogen-bond acceptors (Lipinski definition) is 4. The maximum absolute atomic E-state index is 13.1. The Kier molecular flexibility index (Phi) is 5.04. The van der Waals surface area contributed by atoms with Crippen LogP contribution in [0.5, 0.6) is 0 Å². The Bertz CT molecular complexity index is 481. The van der Waals surface area contributed by atoms with E-state index < -0.39 is 0 Å². The fraction of sp³-hybridized carbons (Fsp3) is 0.889. The highest BCUT2D eigenvalue weighted by molar-refractivity contribution is 7.99. The van der Waals surface area contributed by atoms with Crippen LogP contribution >= 0.6 is 11.8 Å². The van der Waals surface area contributed by atoms with Crippen molar-refractivity contribution in [1.29, 1.82) is 0 Å². The van der Waals surface area contributed by atoms with E-state index in [-0.39, 0.29) is 23.8 Å². The van der Waals surface area contributed by atoms with Gasteiger partial charge in [-0.15, -0.1) is 11.8 Å². The molecule has 3 heterocycles. The van der Waals surface area contributed by atoms with Crippen LogP contribution in [0.15, 0.2) is 0 Å². The van der Waals surface area contributed by atoms with E-state index in [0.29, 0.717) is 5.88 Å². The van der Waals surface area contributed by atoms with Crippen LogP contribution < -0.4 is 5.32 Å². The summed E-state index contributed by atoms with van der Waals surface area (Å²) in [5.74, 6) is 3.57. The summed E-state index contributed by atoms with van der Waals surface area (Å²) in [6, 6.07) is -0.209. The van der Waals surface area contributed by atoms with E-state index in [9.17, 15) is 9.59 Å². The fourth-order valence-corrected chi connectivity index (χ4v) is 6.08. The second-order valence-electron chi connectivity index (χ2n) is 7.89. The number of nitrogens with zero attached hydrogens (tertiary/aromatic N) is 2. The van der Waals surface area contributed by atoms with Gasteiger partial charge in [0.05, 0.1) is 5.88 Å². The van der Waals surface area contributed by atoms with E-state index in [0.717, 1.165) is 69.5 Å². The number of thioether (sulfide) groups is 1. The van der Waals surface area contributed by atoms with Crippen molar-refractivity contribution < 1.29 is 9.59 Å². The lowest BCUT2D eigenvalue weighted by atomic mass is 9.92. The van der Waals surface area contributed by atoms with Gasteiger partial charge in [0.2, 0.25) is 11.8 Å². The molecule has 24 heavy (non-hydrogen) atoms. The molecule has 1 aliphatic carbocycles. The highest BCUT2D eigenvalue weighted by atomic mass is 32.2. The van der Waals surface area contributed by atoms with Crippen LogP contribution in [0.1, 0.15) is 38.5 Å².